The van der Waals surface area contributed by atoms with Crippen LogP contribution in [0.15, 0.2) is 30.3 Å². The lowest BCUT2D eigenvalue weighted by atomic mass is 9.87. The molecule has 0 aromatic heterocycles. The molecule has 2 aliphatic heterocycles. The van der Waals surface area contributed by atoms with E-state index in [4.69, 9.17) is 4.52 Å². The summed E-state index contributed by atoms with van der Waals surface area (Å²) in [6.07, 6.45) is 2.60. The fourth-order valence-corrected chi connectivity index (χ4v) is 5.74. The van der Waals surface area contributed by atoms with Gasteiger partial charge in [-0.25, -0.2) is 0 Å². The van der Waals surface area contributed by atoms with Gasteiger partial charge in [-0.3, -0.25) is 4.67 Å². The molecule has 0 aliphatic carbocycles. The van der Waals surface area contributed by atoms with Gasteiger partial charge in [0.1, 0.15) is 13.9 Å². The molecule has 0 saturated carbocycles. The lowest BCUT2D eigenvalue weighted by Gasteiger charge is -2.29. The number of hydrogen-bond acceptors (Lipinski definition) is 2. The lowest BCUT2D eigenvalue weighted by Crippen LogP contribution is -2.36. The minimum Gasteiger partial charge on any atom is -0.331 e. The Hall–Kier alpha value is -0.430. The molecule has 3 rings (SSSR count). The van der Waals surface area contributed by atoms with Crippen LogP contribution in [0.2, 0.25) is 0 Å². The van der Waals surface area contributed by atoms with E-state index in [0.29, 0.717) is 11.7 Å². The summed E-state index contributed by atoms with van der Waals surface area (Å²) in [5.74, 6) is 0. The largest absolute Gasteiger partial charge is 0.331 e. The first-order valence-corrected chi connectivity index (χ1v) is 8.21. The molecule has 3 heteroatoms. The van der Waals surface area contributed by atoms with E-state index >= 15 is 0 Å². The second-order valence-electron chi connectivity index (χ2n) is 5.78. The monoisotopic (exact) mass is 263 g/mol. The number of benzene rings is 1. The minimum atomic E-state index is -0.423. The minimum absolute atomic E-state index is 0.103. The van der Waals surface area contributed by atoms with Gasteiger partial charge in [0.05, 0.1) is 0 Å². The van der Waals surface area contributed by atoms with Crippen LogP contribution in [-0.2, 0) is 10.1 Å². The molecular formula is C15H22NOP. The van der Waals surface area contributed by atoms with E-state index in [1.54, 1.807) is 0 Å². The van der Waals surface area contributed by atoms with Crippen LogP contribution in [0.1, 0.15) is 39.2 Å². The van der Waals surface area contributed by atoms with Crippen molar-refractivity contribution in [1.82, 2.24) is 4.67 Å². The van der Waals surface area contributed by atoms with Gasteiger partial charge in [0.15, 0.2) is 0 Å². The van der Waals surface area contributed by atoms with Crippen molar-refractivity contribution in [3.63, 3.8) is 0 Å². The molecule has 0 radical (unpaired) electrons. The summed E-state index contributed by atoms with van der Waals surface area (Å²) in [6.45, 7) is 8.09. The van der Waals surface area contributed by atoms with Crippen molar-refractivity contribution < 1.29 is 4.52 Å². The first-order chi connectivity index (χ1) is 8.63. The summed E-state index contributed by atoms with van der Waals surface area (Å²) in [7, 11) is -0.423. The summed E-state index contributed by atoms with van der Waals surface area (Å²) >= 11 is 0. The van der Waals surface area contributed by atoms with Crippen LogP contribution >= 0.6 is 8.30 Å². The Kier molecular flexibility index (Phi) is 3.21. The average molecular weight is 263 g/mol. The summed E-state index contributed by atoms with van der Waals surface area (Å²) < 4.78 is 9.20. The Labute approximate surface area is 111 Å². The van der Waals surface area contributed by atoms with E-state index in [2.05, 4.69) is 55.8 Å². The van der Waals surface area contributed by atoms with Crippen LogP contribution < -0.4 is 0 Å². The van der Waals surface area contributed by atoms with Gasteiger partial charge < -0.3 is 4.52 Å². The molecule has 1 aromatic rings. The maximum atomic E-state index is 6.55. The first kappa shape index (κ1) is 12.6. The van der Waals surface area contributed by atoms with Gasteiger partial charge in [0, 0.05) is 18.2 Å². The van der Waals surface area contributed by atoms with Crippen molar-refractivity contribution in [1.29, 1.82) is 0 Å². The highest BCUT2D eigenvalue weighted by molar-refractivity contribution is 7.51. The smallest absolute Gasteiger partial charge is 0.112 e. The first-order valence-electron chi connectivity index (χ1n) is 6.93. The van der Waals surface area contributed by atoms with Gasteiger partial charge in [0.2, 0.25) is 0 Å². The number of nitrogens with zero attached hydrogens (tertiary/aromatic N) is 1. The van der Waals surface area contributed by atoms with Crippen molar-refractivity contribution >= 4 is 8.30 Å². The zero-order valence-corrected chi connectivity index (χ0v) is 12.4. The highest BCUT2D eigenvalue weighted by atomic mass is 31.2. The standard InChI is InChI=1S/C15H22NOP/c1-12(2)18-16-11-7-10-14(16)15(3,17-18)13-8-5-4-6-9-13/h4-6,8-9,12,14H,7,10-11H2,1-3H3/t14-,15+,18+/m0/s1. The topological polar surface area (TPSA) is 12.5 Å². The summed E-state index contributed by atoms with van der Waals surface area (Å²) in [6, 6.07) is 11.3. The van der Waals surface area contributed by atoms with Gasteiger partial charge in [-0.05, 0) is 25.3 Å². The van der Waals surface area contributed by atoms with Gasteiger partial charge in [-0.15, -0.1) is 0 Å². The third kappa shape index (κ3) is 1.82. The SMILES string of the molecule is CC(C)[P@@]1O[C@](C)(c2ccccc2)[C@@H]2CCCN21. The fraction of sp³-hybridized carbons (Fsp3) is 0.600. The van der Waals surface area contributed by atoms with Gasteiger partial charge >= 0.3 is 0 Å². The van der Waals surface area contributed by atoms with Crippen LogP contribution in [0.3, 0.4) is 0 Å². The highest BCUT2D eigenvalue weighted by Gasteiger charge is 2.54. The van der Waals surface area contributed by atoms with Crippen LogP contribution in [0.5, 0.6) is 0 Å². The molecule has 98 valence electrons. The zero-order valence-electron chi connectivity index (χ0n) is 11.5. The molecule has 1 aromatic carbocycles. The Morgan fingerprint density at radius 1 is 1.33 bits per heavy atom. The molecule has 0 unspecified atom stereocenters. The molecule has 2 saturated heterocycles. The molecule has 3 atom stereocenters. The fourth-order valence-electron chi connectivity index (χ4n) is 3.27. The molecular weight excluding hydrogens is 241 g/mol. The van der Waals surface area contributed by atoms with Gasteiger partial charge in [-0.1, -0.05) is 44.2 Å². The molecule has 2 heterocycles. The predicted molar refractivity (Wildman–Crippen MR) is 76.7 cm³/mol. The third-order valence-corrected chi connectivity index (χ3v) is 6.62. The van der Waals surface area contributed by atoms with E-state index in [9.17, 15) is 0 Å². The lowest BCUT2D eigenvalue weighted by molar-refractivity contribution is 0.0879. The maximum absolute atomic E-state index is 6.55. The molecule has 0 spiro atoms. The summed E-state index contributed by atoms with van der Waals surface area (Å²) in [5.41, 5.74) is 1.85. The van der Waals surface area contributed by atoms with Crippen molar-refractivity contribution in [2.45, 2.75) is 50.9 Å². The van der Waals surface area contributed by atoms with Crippen LogP contribution in [-0.4, -0.2) is 22.9 Å². The Balaban J connectivity index is 1.97. The Bertz CT molecular complexity index is 422. The van der Waals surface area contributed by atoms with E-state index in [1.807, 2.05) is 0 Å². The van der Waals surface area contributed by atoms with Crippen molar-refractivity contribution in [3.05, 3.63) is 35.9 Å². The summed E-state index contributed by atoms with van der Waals surface area (Å²) in [4.78, 5) is 0. The Morgan fingerprint density at radius 3 is 2.72 bits per heavy atom. The molecule has 2 aliphatic rings. The number of hydrogen-bond donors (Lipinski definition) is 0. The molecule has 2 fully saturated rings. The van der Waals surface area contributed by atoms with Crippen molar-refractivity contribution in [2.75, 3.05) is 6.54 Å². The van der Waals surface area contributed by atoms with E-state index in [0.717, 1.165) is 0 Å². The molecule has 0 bridgehead atoms. The second-order valence-corrected chi connectivity index (χ2v) is 8.12. The van der Waals surface area contributed by atoms with E-state index < -0.39 is 8.30 Å². The normalized spacial score (nSPS) is 36.2. The van der Waals surface area contributed by atoms with E-state index in [-0.39, 0.29) is 5.60 Å². The highest BCUT2D eigenvalue weighted by Crippen LogP contribution is 2.64. The van der Waals surface area contributed by atoms with Gasteiger partial charge in [0.25, 0.3) is 0 Å². The molecule has 2 nitrogen and oxygen atoms in total. The van der Waals surface area contributed by atoms with Gasteiger partial charge in [-0.2, -0.15) is 0 Å². The molecule has 0 N–H and O–H groups in total. The Morgan fingerprint density at radius 2 is 2.06 bits per heavy atom. The van der Waals surface area contributed by atoms with E-state index in [1.165, 1.54) is 24.9 Å². The second kappa shape index (κ2) is 4.59. The average Bonchev–Trinajstić information content (AvgIpc) is 2.94. The van der Waals surface area contributed by atoms with Crippen molar-refractivity contribution in [2.24, 2.45) is 0 Å². The molecule has 18 heavy (non-hydrogen) atoms. The quantitative estimate of drug-likeness (QED) is 0.744. The molecule has 0 amide bonds. The zero-order chi connectivity index (χ0) is 12.8. The number of fused-ring (bicyclic) bond motifs is 1. The number of rotatable bonds is 2. The maximum Gasteiger partial charge on any atom is 0.112 e. The van der Waals surface area contributed by atoms with Crippen LogP contribution in [0, 0.1) is 0 Å². The van der Waals surface area contributed by atoms with Crippen molar-refractivity contribution in [3.8, 4) is 0 Å². The van der Waals surface area contributed by atoms with Crippen LogP contribution in [0.25, 0.3) is 0 Å². The summed E-state index contributed by atoms with van der Waals surface area (Å²) in [5, 5.41) is 0. The third-order valence-electron chi connectivity index (χ3n) is 4.19. The van der Waals surface area contributed by atoms with Crippen LogP contribution in [0.4, 0.5) is 0 Å². The predicted octanol–water partition coefficient (Wildman–Crippen LogP) is 4.12.